The molecule has 2 atom stereocenters. The van der Waals surface area contributed by atoms with Crippen LogP contribution in [0.25, 0.3) is 0 Å². The fourth-order valence-corrected chi connectivity index (χ4v) is 3.38. The monoisotopic (exact) mass is 375 g/mol. The number of carbonyl (C=O) groups is 1. The first-order valence-electron chi connectivity index (χ1n) is 8.64. The van der Waals surface area contributed by atoms with Crippen molar-refractivity contribution in [2.45, 2.75) is 39.2 Å². The van der Waals surface area contributed by atoms with Crippen LogP contribution < -0.4 is 10.5 Å². The van der Waals surface area contributed by atoms with Crippen LogP contribution in [-0.4, -0.2) is 25.7 Å². The van der Waals surface area contributed by atoms with Crippen LogP contribution >= 0.6 is 11.6 Å². The van der Waals surface area contributed by atoms with Gasteiger partial charge in [0.05, 0.1) is 13.7 Å². The van der Waals surface area contributed by atoms with E-state index in [4.69, 9.17) is 26.8 Å². The van der Waals surface area contributed by atoms with E-state index in [1.807, 2.05) is 57.2 Å². The number of hydrogen-bond acceptors (Lipinski definition) is 4. The summed E-state index contributed by atoms with van der Waals surface area (Å²) in [4.78, 5) is 11.9. The highest BCUT2D eigenvalue weighted by atomic mass is 35.5. The van der Waals surface area contributed by atoms with Crippen LogP contribution in [0.2, 0.25) is 5.02 Å². The van der Waals surface area contributed by atoms with Gasteiger partial charge in [0.25, 0.3) is 0 Å². The van der Waals surface area contributed by atoms with Crippen LogP contribution in [0.3, 0.4) is 0 Å². The lowest BCUT2D eigenvalue weighted by Crippen LogP contribution is -2.30. The van der Waals surface area contributed by atoms with E-state index in [1.165, 1.54) is 0 Å². The molecular formula is C21H26ClNO3. The smallest absolute Gasteiger partial charge is 0.320 e. The standard InChI is InChI=1S/C21H26ClNO3/c1-13-6-8-17(18(22)9-13)15(3)19(26-21(24)12-23)11-16-7-5-14(2)10-20(16)25-4/h5-10,15,19H,11-12,23H2,1-4H3. The third-order valence-electron chi connectivity index (χ3n) is 4.52. The fourth-order valence-electron chi connectivity index (χ4n) is 2.98. The first-order chi connectivity index (χ1) is 12.3. The van der Waals surface area contributed by atoms with Gasteiger partial charge in [-0.2, -0.15) is 0 Å². The largest absolute Gasteiger partial charge is 0.496 e. The molecule has 0 aromatic heterocycles. The van der Waals surface area contributed by atoms with Crippen molar-refractivity contribution in [2.75, 3.05) is 13.7 Å². The molecule has 0 radical (unpaired) electrons. The van der Waals surface area contributed by atoms with E-state index in [9.17, 15) is 4.79 Å². The summed E-state index contributed by atoms with van der Waals surface area (Å²) in [6.45, 7) is 5.85. The molecule has 0 aliphatic heterocycles. The van der Waals surface area contributed by atoms with E-state index in [0.29, 0.717) is 11.4 Å². The number of nitrogens with two attached hydrogens (primary N) is 1. The summed E-state index contributed by atoms with van der Waals surface area (Å²) in [6, 6.07) is 11.9. The molecule has 0 amide bonds. The molecule has 0 saturated carbocycles. The summed E-state index contributed by atoms with van der Waals surface area (Å²) < 4.78 is 11.1. The Balaban J connectivity index is 2.35. The predicted molar refractivity (Wildman–Crippen MR) is 105 cm³/mol. The Hall–Kier alpha value is -2.04. The van der Waals surface area contributed by atoms with E-state index < -0.39 is 12.1 Å². The molecule has 2 aromatic carbocycles. The van der Waals surface area contributed by atoms with Crippen molar-refractivity contribution in [1.82, 2.24) is 0 Å². The first-order valence-corrected chi connectivity index (χ1v) is 9.02. The number of carbonyl (C=O) groups excluding carboxylic acids is 1. The molecule has 2 rings (SSSR count). The van der Waals surface area contributed by atoms with Gasteiger partial charge in [-0.15, -0.1) is 0 Å². The average molecular weight is 376 g/mol. The molecule has 0 heterocycles. The lowest BCUT2D eigenvalue weighted by Gasteiger charge is -2.26. The number of hydrogen-bond donors (Lipinski definition) is 1. The Labute approximate surface area is 160 Å². The summed E-state index contributed by atoms with van der Waals surface area (Å²) in [6.07, 6.45) is 0.114. The summed E-state index contributed by atoms with van der Waals surface area (Å²) in [7, 11) is 1.64. The van der Waals surface area contributed by atoms with Crippen LogP contribution in [0.15, 0.2) is 36.4 Å². The molecule has 0 spiro atoms. The van der Waals surface area contributed by atoms with E-state index in [1.54, 1.807) is 7.11 Å². The zero-order chi connectivity index (χ0) is 19.3. The fraction of sp³-hybridized carbons (Fsp3) is 0.381. The SMILES string of the molecule is COc1cc(C)ccc1CC(OC(=O)CN)C(C)c1ccc(C)cc1Cl. The Morgan fingerprint density at radius 2 is 1.81 bits per heavy atom. The van der Waals surface area contributed by atoms with Crippen LogP contribution in [-0.2, 0) is 16.0 Å². The number of rotatable bonds is 7. The summed E-state index contributed by atoms with van der Waals surface area (Å²) in [5.74, 6) is 0.252. The van der Waals surface area contributed by atoms with Crippen molar-refractivity contribution in [3.63, 3.8) is 0 Å². The molecular weight excluding hydrogens is 350 g/mol. The quantitative estimate of drug-likeness (QED) is 0.737. The van der Waals surface area contributed by atoms with E-state index in [0.717, 1.165) is 28.0 Å². The van der Waals surface area contributed by atoms with Crippen LogP contribution in [0.5, 0.6) is 5.75 Å². The molecule has 5 heteroatoms. The Morgan fingerprint density at radius 3 is 2.42 bits per heavy atom. The number of esters is 1. The zero-order valence-corrected chi connectivity index (χ0v) is 16.5. The lowest BCUT2D eigenvalue weighted by atomic mass is 9.90. The van der Waals surface area contributed by atoms with Crippen molar-refractivity contribution in [2.24, 2.45) is 5.73 Å². The van der Waals surface area contributed by atoms with Gasteiger partial charge in [-0.05, 0) is 48.2 Å². The number of ether oxygens (including phenoxy) is 2. The van der Waals surface area contributed by atoms with Crippen LogP contribution in [0, 0.1) is 13.8 Å². The topological polar surface area (TPSA) is 61.5 Å². The van der Waals surface area contributed by atoms with Gasteiger partial charge in [0.1, 0.15) is 11.9 Å². The number of halogens is 1. The van der Waals surface area contributed by atoms with Gasteiger partial charge in [-0.3, -0.25) is 4.79 Å². The predicted octanol–water partition coefficient (Wildman–Crippen LogP) is 4.18. The Morgan fingerprint density at radius 1 is 1.15 bits per heavy atom. The highest BCUT2D eigenvalue weighted by molar-refractivity contribution is 6.31. The second-order valence-corrected chi connectivity index (χ2v) is 6.97. The third-order valence-corrected chi connectivity index (χ3v) is 4.84. The molecule has 2 unspecified atom stereocenters. The van der Waals surface area contributed by atoms with Crippen LogP contribution in [0.1, 0.15) is 35.1 Å². The van der Waals surface area contributed by atoms with Gasteiger partial charge in [0.15, 0.2) is 0 Å². The summed E-state index contributed by atoms with van der Waals surface area (Å²) in [5.41, 5.74) is 9.56. The van der Waals surface area contributed by atoms with Crippen molar-refractivity contribution >= 4 is 17.6 Å². The number of methoxy groups -OCH3 is 1. The van der Waals surface area contributed by atoms with E-state index in [-0.39, 0.29) is 12.5 Å². The molecule has 0 aliphatic carbocycles. The minimum atomic E-state index is -0.434. The highest BCUT2D eigenvalue weighted by Gasteiger charge is 2.26. The van der Waals surface area contributed by atoms with E-state index in [2.05, 4.69) is 0 Å². The molecule has 4 nitrogen and oxygen atoms in total. The third kappa shape index (κ3) is 4.99. The van der Waals surface area contributed by atoms with Crippen molar-refractivity contribution in [1.29, 1.82) is 0 Å². The molecule has 0 bridgehead atoms. The second kappa shape index (κ2) is 9.06. The van der Waals surface area contributed by atoms with E-state index >= 15 is 0 Å². The maximum absolute atomic E-state index is 11.9. The molecule has 0 saturated heterocycles. The van der Waals surface area contributed by atoms with Gasteiger partial charge in [-0.1, -0.05) is 42.8 Å². The summed E-state index contributed by atoms with van der Waals surface area (Å²) in [5, 5.41) is 0.669. The molecule has 0 fully saturated rings. The van der Waals surface area contributed by atoms with Crippen molar-refractivity contribution < 1.29 is 14.3 Å². The molecule has 140 valence electrons. The normalized spacial score (nSPS) is 13.2. The molecule has 2 aromatic rings. The van der Waals surface area contributed by atoms with Gasteiger partial charge in [0, 0.05) is 17.4 Å². The molecule has 0 aliphatic rings. The van der Waals surface area contributed by atoms with Gasteiger partial charge in [-0.25, -0.2) is 0 Å². The first kappa shape index (κ1) is 20.3. The number of benzene rings is 2. The molecule has 2 N–H and O–H groups in total. The number of aryl methyl sites for hydroxylation is 2. The maximum Gasteiger partial charge on any atom is 0.320 e. The molecule has 26 heavy (non-hydrogen) atoms. The van der Waals surface area contributed by atoms with Gasteiger partial charge in [0.2, 0.25) is 0 Å². The zero-order valence-electron chi connectivity index (χ0n) is 15.7. The Bertz CT molecular complexity index is 776. The average Bonchev–Trinajstić information content (AvgIpc) is 2.61. The van der Waals surface area contributed by atoms with Crippen molar-refractivity contribution in [3.05, 3.63) is 63.7 Å². The second-order valence-electron chi connectivity index (χ2n) is 6.57. The Kier molecular flexibility index (Phi) is 7.06. The van der Waals surface area contributed by atoms with Crippen LogP contribution in [0.4, 0.5) is 0 Å². The highest BCUT2D eigenvalue weighted by Crippen LogP contribution is 2.32. The minimum Gasteiger partial charge on any atom is -0.496 e. The minimum absolute atomic E-state index is 0.0930. The maximum atomic E-state index is 11.9. The van der Waals surface area contributed by atoms with Gasteiger partial charge < -0.3 is 15.2 Å². The van der Waals surface area contributed by atoms with Crippen molar-refractivity contribution in [3.8, 4) is 5.75 Å². The summed E-state index contributed by atoms with van der Waals surface area (Å²) >= 11 is 6.43. The lowest BCUT2D eigenvalue weighted by molar-refractivity contribution is -0.148. The van der Waals surface area contributed by atoms with Gasteiger partial charge >= 0.3 is 5.97 Å².